The summed E-state index contributed by atoms with van der Waals surface area (Å²) in [6.07, 6.45) is 6.64. The van der Waals surface area contributed by atoms with E-state index in [-0.39, 0.29) is 12.8 Å². The van der Waals surface area contributed by atoms with Crippen molar-refractivity contribution in [2.75, 3.05) is 0 Å². The number of allylic oxidation sites excluding steroid dienone is 2. The summed E-state index contributed by atoms with van der Waals surface area (Å²) in [5.41, 5.74) is -0.653. The van der Waals surface area contributed by atoms with Crippen molar-refractivity contribution in [1.29, 1.82) is 0 Å². The molecule has 3 rings (SSSR count). The van der Waals surface area contributed by atoms with Gasteiger partial charge in [-0.1, -0.05) is 101 Å². The lowest BCUT2D eigenvalue weighted by Gasteiger charge is -2.36. The molecule has 1 nitrogen and oxygen atoms in total. The Morgan fingerprint density at radius 2 is 1.66 bits per heavy atom. The minimum Gasteiger partial charge on any atom is -0.281 e. The second-order valence-electron chi connectivity index (χ2n) is 9.82. The molecule has 2 atom stereocenters. The molecule has 2 aliphatic carbocycles. The normalized spacial score (nSPS) is 27.6. The van der Waals surface area contributed by atoms with Crippen molar-refractivity contribution in [2.24, 2.45) is 17.8 Å². The fraction of sp³-hybridized carbons (Fsp3) is 0.630. The first-order chi connectivity index (χ1) is 15.2. The van der Waals surface area contributed by atoms with Gasteiger partial charge in [-0.2, -0.15) is 0 Å². The molecule has 1 aromatic rings. The Morgan fingerprint density at radius 3 is 2.22 bits per heavy atom. The summed E-state index contributed by atoms with van der Waals surface area (Å²) in [6, 6.07) is 8.92. The van der Waals surface area contributed by atoms with Crippen molar-refractivity contribution in [3.63, 3.8) is 0 Å². The fourth-order valence-electron chi connectivity index (χ4n) is 5.12. The molecule has 0 aromatic heterocycles. The molecule has 0 N–H and O–H groups in total. The summed E-state index contributed by atoms with van der Waals surface area (Å²) in [5, 5.41) is 0. The van der Waals surface area contributed by atoms with E-state index in [2.05, 4.69) is 18.6 Å². The van der Waals surface area contributed by atoms with Crippen LogP contribution in [0.15, 0.2) is 48.3 Å². The molecule has 1 aromatic carbocycles. The summed E-state index contributed by atoms with van der Waals surface area (Å²) in [4.78, 5) is 0. The van der Waals surface area contributed by atoms with Crippen LogP contribution >= 0.6 is 0 Å². The van der Waals surface area contributed by atoms with Gasteiger partial charge in [-0.15, -0.1) is 13.2 Å². The van der Waals surface area contributed by atoms with Gasteiger partial charge in [-0.3, -0.25) is 4.74 Å². The molecule has 2 aliphatic rings. The topological polar surface area (TPSA) is 9.23 Å². The van der Waals surface area contributed by atoms with Gasteiger partial charge >= 0.3 is 6.36 Å². The lowest BCUT2D eigenvalue weighted by Crippen LogP contribution is -2.38. The predicted octanol–water partition coefficient (Wildman–Crippen LogP) is 9.02. The van der Waals surface area contributed by atoms with E-state index in [1.54, 1.807) is 24.3 Å². The molecule has 0 amide bonds. The number of halogens is 4. The smallest absolute Gasteiger partial charge is 0.281 e. The monoisotopic (exact) mass is 452 g/mol. The lowest BCUT2D eigenvalue weighted by atomic mass is 9.75. The van der Waals surface area contributed by atoms with Crippen LogP contribution in [0.5, 0.6) is 0 Å². The van der Waals surface area contributed by atoms with Gasteiger partial charge in [0.1, 0.15) is 11.4 Å². The third-order valence-corrected chi connectivity index (χ3v) is 7.41. The van der Waals surface area contributed by atoms with Crippen molar-refractivity contribution in [3.05, 3.63) is 53.9 Å². The van der Waals surface area contributed by atoms with E-state index in [0.29, 0.717) is 23.5 Å². The Bertz CT molecular complexity index is 775. The minimum absolute atomic E-state index is 0.181. The maximum absolute atomic E-state index is 15.0. The fourth-order valence-corrected chi connectivity index (χ4v) is 5.12. The van der Waals surface area contributed by atoms with Crippen LogP contribution in [0.2, 0.25) is 0 Å². The third kappa shape index (κ3) is 7.19. The van der Waals surface area contributed by atoms with Crippen molar-refractivity contribution < 1.29 is 22.3 Å². The molecule has 0 aliphatic heterocycles. The number of rotatable bonds is 9. The highest BCUT2D eigenvalue weighted by molar-refractivity contribution is 5.77. The highest BCUT2D eigenvalue weighted by Crippen LogP contribution is 2.43. The molecule has 178 valence electrons. The molecule has 0 radical (unpaired) electrons. The second-order valence-corrected chi connectivity index (χ2v) is 9.82. The molecule has 0 spiro atoms. The van der Waals surface area contributed by atoms with Gasteiger partial charge in [0.15, 0.2) is 0 Å². The summed E-state index contributed by atoms with van der Waals surface area (Å²) >= 11 is 0. The van der Waals surface area contributed by atoms with Crippen LogP contribution in [0.1, 0.15) is 83.6 Å². The van der Waals surface area contributed by atoms with Gasteiger partial charge in [0.25, 0.3) is 0 Å². The van der Waals surface area contributed by atoms with E-state index in [4.69, 9.17) is 0 Å². The van der Waals surface area contributed by atoms with Gasteiger partial charge in [-0.05, 0) is 36.2 Å². The van der Waals surface area contributed by atoms with E-state index < -0.39 is 17.8 Å². The zero-order chi connectivity index (χ0) is 23.2. The molecular formula is C27H36F4O. The van der Waals surface area contributed by atoms with Gasteiger partial charge in [0.05, 0.1) is 0 Å². The van der Waals surface area contributed by atoms with E-state index >= 15 is 0 Å². The van der Waals surface area contributed by atoms with Crippen molar-refractivity contribution in [1.82, 2.24) is 0 Å². The zero-order valence-corrected chi connectivity index (χ0v) is 19.3. The van der Waals surface area contributed by atoms with Gasteiger partial charge in [0.2, 0.25) is 0 Å². The number of hydrogen-bond donors (Lipinski definition) is 0. The maximum atomic E-state index is 15.0. The minimum atomic E-state index is -4.80. The molecule has 2 unspecified atom stereocenters. The maximum Gasteiger partial charge on any atom is 0.523 e. The van der Waals surface area contributed by atoms with E-state index in [9.17, 15) is 17.6 Å². The Morgan fingerprint density at radius 1 is 1.03 bits per heavy atom. The third-order valence-electron chi connectivity index (χ3n) is 7.41. The standard InChI is InChI=1S/C27H36F4O/c1-3-20(2)9-10-21-11-13-22(14-12-21)15-17-26(32-27(29,30)31)18-16-24(25(28)19-26)23-7-5-4-6-8-23/h4-8,16,18,20-22H,3,9-15,17,19H2,1-2H3. The summed E-state index contributed by atoms with van der Waals surface area (Å²) in [6.45, 7) is 4.52. The largest absolute Gasteiger partial charge is 0.523 e. The van der Waals surface area contributed by atoms with E-state index in [0.717, 1.165) is 37.5 Å². The van der Waals surface area contributed by atoms with E-state index in [1.807, 2.05) is 6.07 Å². The molecule has 0 bridgehead atoms. The average molecular weight is 453 g/mol. The predicted molar refractivity (Wildman–Crippen MR) is 121 cm³/mol. The van der Waals surface area contributed by atoms with Crippen LogP contribution in [0.3, 0.4) is 0 Å². The second kappa shape index (κ2) is 11.0. The molecule has 5 heteroatoms. The Kier molecular flexibility index (Phi) is 8.60. The molecular weight excluding hydrogens is 416 g/mol. The van der Waals surface area contributed by atoms with Gasteiger partial charge in [0, 0.05) is 12.0 Å². The van der Waals surface area contributed by atoms with Gasteiger partial charge < -0.3 is 0 Å². The molecule has 0 saturated heterocycles. The lowest BCUT2D eigenvalue weighted by molar-refractivity contribution is -0.359. The number of alkyl halides is 3. The Hall–Kier alpha value is -1.62. The Balaban J connectivity index is 1.60. The van der Waals surface area contributed by atoms with E-state index in [1.165, 1.54) is 31.4 Å². The van der Waals surface area contributed by atoms with Crippen molar-refractivity contribution in [3.8, 4) is 0 Å². The summed E-state index contributed by atoms with van der Waals surface area (Å²) < 4.78 is 59.2. The number of hydrogen-bond acceptors (Lipinski definition) is 1. The molecule has 1 fully saturated rings. The van der Waals surface area contributed by atoms with Crippen LogP contribution < -0.4 is 0 Å². The highest BCUT2D eigenvalue weighted by atomic mass is 19.4. The molecule has 1 saturated carbocycles. The van der Waals surface area contributed by atoms with Crippen LogP contribution in [-0.4, -0.2) is 12.0 Å². The van der Waals surface area contributed by atoms with Gasteiger partial charge in [-0.25, -0.2) is 4.39 Å². The van der Waals surface area contributed by atoms with Crippen LogP contribution in [-0.2, 0) is 4.74 Å². The summed E-state index contributed by atoms with van der Waals surface area (Å²) in [7, 11) is 0. The van der Waals surface area contributed by atoms with Crippen molar-refractivity contribution >= 4 is 5.57 Å². The van der Waals surface area contributed by atoms with Crippen LogP contribution in [0.4, 0.5) is 17.6 Å². The molecule has 32 heavy (non-hydrogen) atoms. The van der Waals surface area contributed by atoms with Crippen LogP contribution in [0, 0.1) is 17.8 Å². The number of benzene rings is 1. The first kappa shape index (κ1) is 25.0. The quantitative estimate of drug-likeness (QED) is 0.340. The van der Waals surface area contributed by atoms with Crippen molar-refractivity contribution in [2.45, 2.75) is 90.0 Å². The first-order valence-corrected chi connectivity index (χ1v) is 12.1. The highest BCUT2D eigenvalue weighted by Gasteiger charge is 2.44. The molecule has 0 heterocycles. The first-order valence-electron chi connectivity index (χ1n) is 12.1. The Labute approximate surface area is 189 Å². The average Bonchev–Trinajstić information content (AvgIpc) is 2.76. The zero-order valence-electron chi connectivity index (χ0n) is 19.3. The number of ether oxygens (including phenoxy) is 1. The van der Waals surface area contributed by atoms with Crippen LogP contribution in [0.25, 0.3) is 5.57 Å². The SMILES string of the molecule is CCC(C)CCC1CCC(CCC2(OC(F)(F)F)C=CC(c3ccccc3)=C(F)C2)CC1. The summed E-state index contributed by atoms with van der Waals surface area (Å²) in [5.74, 6) is 1.34.